The normalized spacial score (nSPS) is 19.4. The molecule has 112 valence electrons. The van der Waals surface area contributed by atoms with Crippen molar-refractivity contribution >= 4 is 6.08 Å². The molecule has 1 aromatic rings. The zero-order valence-electron chi connectivity index (χ0n) is 11.0. The van der Waals surface area contributed by atoms with Crippen LogP contribution in [0.5, 0.6) is 11.5 Å². The lowest BCUT2D eigenvalue weighted by Crippen LogP contribution is -2.34. The predicted octanol–water partition coefficient (Wildman–Crippen LogP) is 3.19. The average Bonchev–Trinajstić information content (AvgIpc) is 2.40. The van der Waals surface area contributed by atoms with Gasteiger partial charge in [-0.25, -0.2) is 4.79 Å². The third kappa shape index (κ3) is 2.27. The summed E-state index contributed by atoms with van der Waals surface area (Å²) in [5.74, 6) is 0.332. The van der Waals surface area contributed by atoms with E-state index in [0.29, 0.717) is 12.8 Å². The van der Waals surface area contributed by atoms with Crippen LogP contribution < -0.4 is 9.47 Å². The number of fused-ring (bicyclic) bond motifs is 1. The van der Waals surface area contributed by atoms with E-state index in [2.05, 4.69) is 4.99 Å². The molecule has 0 atom stereocenters. The summed E-state index contributed by atoms with van der Waals surface area (Å²) in [6, 6.07) is 2.24. The highest BCUT2D eigenvalue weighted by Crippen LogP contribution is 2.51. The van der Waals surface area contributed by atoms with Crippen LogP contribution in [-0.4, -0.2) is 19.3 Å². The first-order valence-corrected chi connectivity index (χ1v) is 6.57. The molecule has 2 aliphatic rings. The molecule has 1 heterocycles. The Bertz CT molecular complexity index is 617. The molecule has 7 heteroatoms. The molecule has 0 spiro atoms. The molecule has 4 nitrogen and oxygen atoms in total. The quantitative estimate of drug-likeness (QED) is 0.622. The van der Waals surface area contributed by atoms with E-state index in [0.717, 1.165) is 12.5 Å². The average molecular weight is 299 g/mol. The first kappa shape index (κ1) is 13.9. The highest BCUT2D eigenvalue weighted by molar-refractivity contribution is 5.53. The number of alkyl halides is 3. The SMILES string of the molecule is O=C=NC1(c2cc3c(cc2C(F)(F)F)OCCO3)CCC1. The molecule has 0 unspecified atom stereocenters. The molecule has 0 radical (unpaired) electrons. The lowest BCUT2D eigenvalue weighted by Gasteiger charge is -2.39. The van der Waals surface area contributed by atoms with Gasteiger partial charge in [0, 0.05) is 0 Å². The second-order valence-electron chi connectivity index (χ2n) is 5.13. The fraction of sp³-hybridized carbons (Fsp3) is 0.500. The van der Waals surface area contributed by atoms with Gasteiger partial charge in [-0.15, -0.1) is 0 Å². The van der Waals surface area contributed by atoms with Gasteiger partial charge in [0.2, 0.25) is 6.08 Å². The Morgan fingerprint density at radius 1 is 1.14 bits per heavy atom. The number of carbonyl (C=O) groups excluding carboxylic acids is 1. The smallest absolute Gasteiger partial charge is 0.416 e. The topological polar surface area (TPSA) is 47.9 Å². The summed E-state index contributed by atoms with van der Waals surface area (Å²) in [5.41, 5.74) is -2.00. The highest BCUT2D eigenvalue weighted by Gasteiger charge is 2.46. The molecular formula is C14H12F3NO3. The van der Waals surface area contributed by atoms with Gasteiger partial charge in [0.05, 0.1) is 11.1 Å². The van der Waals surface area contributed by atoms with E-state index in [1.54, 1.807) is 0 Å². The summed E-state index contributed by atoms with van der Waals surface area (Å²) in [5, 5.41) is 0. The molecule has 3 rings (SSSR count). The van der Waals surface area contributed by atoms with E-state index in [1.807, 2.05) is 0 Å². The van der Waals surface area contributed by atoms with Crippen LogP contribution in [-0.2, 0) is 16.5 Å². The van der Waals surface area contributed by atoms with Crippen LogP contribution in [0.1, 0.15) is 30.4 Å². The Morgan fingerprint density at radius 2 is 1.76 bits per heavy atom. The number of aliphatic imine (C=N–C) groups is 1. The lowest BCUT2D eigenvalue weighted by atomic mass is 9.70. The molecule has 0 amide bonds. The van der Waals surface area contributed by atoms with Crippen LogP contribution in [0.15, 0.2) is 17.1 Å². The molecule has 1 aliphatic heterocycles. The number of nitrogens with zero attached hydrogens (tertiary/aromatic N) is 1. The van der Waals surface area contributed by atoms with Gasteiger partial charge in [0.25, 0.3) is 0 Å². The molecule has 1 saturated carbocycles. The van der Waals surface area contributed by atoms with Crippen molar-refractivity contribution in [2.24, 2.45) is 4.99 Å². The van der Waals surface area contributed by atoms with Crippen LogP contribution in [0.3, 0.4) is 0 Å². The first-order chi connectivity index (χ1) is 9.96. The maximum atomic E-state index is 13.3. The van der Waals surface area contributed by atoms with Crippen molar-refractivity contribution in [3.05, 3.63) is 23.3 Å². The third-order valence-electron chi connectivity index (χ3n) is 3.93. The lowest BCUT2D eigenvalue weighted by molar-refractivity contribution is -0.139. The Kier molecular flexibility index (Phi) is 3.17. The molecule has 1 fully saturated rings. The minimum Gasteiger partial charge on any atom is -0.486 e. The Hall–Kier alpha value is -2.01. The Morgan fingerprint density at radius 3 is 2.24 bits per heavy atom. The van der Waals surface area contributed by atoms with E-state index in [-0.39, 0.29) is 30.3 Å². The van der Waals surface area contributed by atoms with E-state index in [1.165, 1.54) is 12.1 Å². The maximum Gasteiger partial charge on any atom is 0.416 e. The summed E-state index contributed by atoms with van der Waals surface area (Å²) in [6.45, 7) is 0.489. The van der Waals surface area contributed by atoms with Crippen molar-refractivity contribution in [1.82, 2.24) is 0 Å². The van der Waals surface area contributed by atoms with Crippen molar-refractivity contribution < 1.29 is 27.4 Å². The summed E-state index contributed by atoms with van der Waals surface area (Å²) >= 11 is 0. The van der Waals surface area contributed by atoms with Gasteiger partial charge in [-0.05, 0) is 37.0 Å². The van der Waals surface area contributed by atoms with E-state index >= 15 is 0 Å². The van der Waals surface area contributed by atoms with E-state index in [9.17, 15) is 18.0 Å². The Balaban J connectivity index is 2.20. The van der Waals surface area contributed by atoms with Gasteiger partial charge in [0.15, 0.2) is 11.5 Å². The summed E-state index contributed by atoms with van der Waals surface area (Å²) in [6.07, 6.45) is -1.64. The van der Waals surface area contributed by atoms with Crippen LogP contribution in [0.25, 0.3) is 0 Å². The molecular weight excluding hydrogens is 287 g/mol. The minimum absolute atomic E-state index is 0.0335. The van der Waals surface area contributed by atoms with Crippen LogP contribution in [0.4, 0.5) is 13.2 Å². The van der Waals surface area contributed by atoms with Gasteiger partial charge >= 0.3 is 6.18 Å². The second-order valence-corrected chi connectivity index (χ2v) is 5.13. The molecule has 0 bridgehead atoms. The van der Waals surface area contributed by atoms with Crippen LogP contribution in [0, 0.1) is 0 Å². The Labute approximate surface area is 118 Å². The van der Waals surface area contributed by atoms with E-state index < -0.39 is 17.3 Å². The highest BCUT2D eigenvalue weighted by atomic mass is 19.4. The molecule has 0 saturated heterocycles. The third-order valence-corrected chi connectivity index (χ3v) is 3.93. The largest absolute Gasteiger partial charge is 0.486 e. The zero-order chi connectivity index (χ0) is 15.1. The van der Waals surface area contributed by atoms with Crippen molar-refractivity contribution in [2.45, 2.75) is 31.0 Å². The van der Waals surface area contributed by atoms with Gasteiger partial charge in [0.1, 0.15) is 13.2 Å². The molecule has 1 aliphatic carbocycles. The summed E-state index contributed by atoms with van der Waals surface area (Å²) < 4.78 is 50.5. The molecule has 0 aromatic heterocycles. The van der Waals surface area contributed by atoms with Gasteiger partial charge < -0.3 is 9.47 Å². The second kappa shape index (κ2) is 4.77. The van der Waals surface area contributed by atoms with Crippen molar-refractivity contribution in [1.29, 1.82) is 0 Å². The van der Waals surface area contributed by atoms with Gasteiger partial charge in [-0.3, -0.25) is 0 Å². The predicted molar refractivity (Wildman–Crippen MR) is 66.1 cm³/mol. The number of benzene rings is 1. The van der Waals surface area contributed by atoms with Crippen LogP contribution >= 0.6 is 0 Å². The first-order valence-electron chi connectivity index (χ1n) is 6.57. The fourth-order valence-electron chi connectivity index (χ4n) is 2.75. The molecule has 21 heavy (non-hydrogen) atoms. The number of hydrogen-bond acceptors (Lipinski definition) is 4. The monoisotopic (exact) mass is 299 g/mol. The summed E-state index contributed by atoms with van der Waals surface area (Å²) in [7, 11) is 0. The molecule has 0 N–H and O–H groups in total. The zero-order valence-corrected chi connectivity index (χ0v) is 11.0. The van der Waals surface area contributed by atoms with Gasteiger partial charge in [-0.1, -0.05) is 0 Å². The minimum atomic E-state index is -4.55. The van der Waals surface area contributed by atoms with E-state index in [4.69, 9.17) is 9.47 Å². The van der Waals surface area contributed by atoms with Crippen LogP contribution in [0.2, 0.25) is 0 Å². The maximum absolute atomic E-state index is 13.3. The number of halogens is 3. The van der Waals surface area contributed by atoms with Gasteiger partial charge in [-0.2, -0.15) is 18.2 Å². The standard InChI is InChI=1S/C14H12F3NO3/c15-14(16,17)10-7-12-11(20-4-5-21-12)6-9(10)13(18-8-19)2-1-3-13/h6-7H,1-5H2. The van der Waals surface area contributed by atoms with Crippen molar-refractivity contribution in [2.75, 3.05) is 13.2 Å². The number of hydrogen-bond donors (Lipinski definition) is 0. The summed E-state index contributed by atoms with van der Waals surface area (Å²) in [4.78, 5) is 14.3. The van der Waals surface area contributed by atoms with Crippen molar-refractivity contribution in [3.8, 4) is 11.5 Å². The number of isocyanates is 1. The van der Waals surface area contributed by atoms with Crippen molar-refractivity contribution in [3.63, 3.8) is 0 Å². The number of rotatable bonds is 2. The fourth-order valence-corrected chi connectivity index (χ4v) is 2.75. The molecule has 1 aromatic carbocycles. The number of ether oxygens (including phenoxy) is 2.